The molecule has 0 saturated carbocycles. The van der Waals surface area contributed by atoms with E-state index in [4.69, 9.17) is 9.47 Å². The lowest BCUT2D eigenvalue weighted by molar-refractivity contribution is -0.910. The zero-order valence-electron chi connectivity index (χ0n) is 19.5. The molecule has 2 bridgehead atoms. The molecule has 2 heterocycles. The quantitative estimate of drug-likeness (QED) is 0.382. The summed E-state index contributed by atoms with van der Waals surface area (Å²) in [6, 6.07) is 28.6. The van der Waals surface area contributed by atoms with Gasteiger partial charge in [0.2, 0.25) is 0 Å². The molecule has 4 nitrogen and oxygen atoms in total. The molecule has 3 aromatic carbocycles. The predicted octanol–water partition coefficient (Wildman–Crippen LogP) is 4.76. The molecule has 0 spiro atoms. The number of methoxy groups -OCH3 is 1. The molecule has 1 N–H and O–H groups in total. The minimum Gasteiger partial charge on any atom is -0.497 e. The maximum absolute atomic E-state index is 12.5. The van der Waals surface area contributed by atoms with Gasteiger partial charge in [0.05, 0.1) is 45.4 Å². The SMILES string of the molecule is COc1cccc(COCC[N+]23CCC(C(O)(c4ccccc4)c4ccccc4)(CC2)C3)c1. The van der Waals surface area contributed by atoms with Gasteiger partial charge >= 0.3 is 0 Å². The van der Waals surface area contributed by atoms with Crippen LogP contribution in [-0.2, 0) is 16.9 Å². The number of nitrogens with zero attached hydrogens (tertiary/aromatic N) is 1. The van der Waals surface area contributed by atoms with Gasteiger partial charge in [0.15, 0.2) is 0 Å². The van der Waals surface area contributed by atoms with Crippen molar-refractivity contribution >= 4 is 0 Å². The van der Waals surface area contributed by atoms with E-state index in [2.05, 4.69) is 30.3 Å². The summed E-state index contributed by atoms with van der Waals surface area (Å²) in [4.78, 5) is 0. The summed E-state index contributed by atoms with van der Waals surface area (Å²) in [5.74, 6) is 0.864. The summed E-state index contributed by atoms with van der Waals surface area (Å²) in [5, 5.41) is 12.5. The fraction of sp³-hybridized carbons (Fsp3) is 0.379. The first-order valence-electron chi connectivity index (χ1n) is 12.0. The Morgan fingerprint density at radius 1 is 0.879 bits per heavy atom. The molecule has 0 amide bonds. The van der Waals surface area contributed by atoms with Crippen LogP contribution in [0.4, 0.5) is 0 Å². The van der Waals surface area contributed by atoms with E-state index in [1.165, 1.54) is 0 Å². The van der Waals surface area contributed by atoms with Crippen molar-refractivity contribution in [3.05, 3.63) is 102 Å². The van der Waals surface area contributed by atoms with Crippen molar-refractivity contribution in [1.82, 2.24) is 0 Å². The van der Waals surface area contributed by atoms with Crippen LogP contribution in [0, 0.1) is 5.41 Å². The van der Waals surface area contributed by atoms with Gasteiger partial charge in [-0.05, 0) is 28.8 Å². The summed E-state index contributed by atoms with van der Waals surface area (Å²) in [5.41, 5.74) is 2.02. The monoisotopic (exact) mass is 444 g/mol. The molecule has 4 heteroatoms. The van der Waals surface area contributed by atoms with Gasteiger partial charge in [-0.1, -0.05) is 72.8 Å². The highest BCUT2D eigenvalue weighted by molar-refractivity contribution is 5.40. The summed E-state index contributed by atoms with van der Waals surface area (Å²) in [6.45, 7) is 5.51. The highest BCUT2D eigenvalue weighted by Crippen LogP contribution is 2.58. The average Bonchev–Trinajstić information content (AvgIpc) is 3.45. The number of hydrogen-bond acceptors (Lipinski definition) is 3. The first-order valence-corrected chi connectivity index (χ1v) is 12.0. The maximum atomic E-state index is 12.5. The largest absolute Gasteiger partial charge is 0.497 e. The molecule has 2 saturated heterocycles. The Labute approximate surface area is 197 Å². The van der Waals surface area contributed by atoms with Crippen molar-refractivity contribution in [2.45, 2.75) is 25.0 Å². The van der Waals surface area contributed by atoms with Gasteiger partial charge in [-0.3, -0.25) is 0 Å². The maximum Gasteiger partial charge on any atom is 0.126 e. The van der Waals surface area contributed by atoms with Gasteiger partial charge in [0, 0.05) is 12.8 Å². The lowest BCUT2D eigenvalue weighted by Crippen LogP contribution is -2.47. The van der Waals surface area contributed by atoms with Crippen molar-refractivity contribution < 1.29 is 19.1 Å². The summed E-state index contributed by atoms with van der Waals surface area (Å²) >= 11 is 0. The molecule has 0 atom stereocenters. The highest BCUT2D eigenvalue weighted by Gasteiger charge is 2.65. The first kappa shape index (κ1) is 22.1. The molecule has 2 aliphatic heterocycles. The van der Waals surface area contributed by atoms with Crippen LogP contribution in [0.2, 0.25) is 0 Å². The zero-order valence-corrected chi connectivity index (χ0v) is 19.5. The molecule has 0 unspecified atom stereocenters. The van der Waals surface area contributed by atoms with Gasteiger partial charge < -0.3 is 19.1 Å². The van der Waals surface area contributed by atoms with Crippen molar-refractivity contribution in [3.8, 4) is 5.75 Å². The zero-order chi connectivity index (χ0) is 22.8. The van der Waals surface area contributed by atoms with E-state index >= 15 is 0 Å². The van der Waals surface area contributed by atoms with E-state index in [-0.39, 0.29) is 5.41 Å². The fourth-order valence-electron chi connectivity index (χ4n) is 6.22. The molecular weight excluding hydrogens is 410 g/mol. The van der Waals surface area contributed by atoms with Gasteiger partial charge in [0.25, 0.3) is 0 Å². The van der Waals surface area contributed by atoms with E-state index < -0.39 is 5.60 Å². The van der Waals surface area contributed by atoms with Gasteiger partial charge in [-0.15, -0.1) is 0 Å². The molecule has 0 aromatic heterocycles. The minimum absolute atomic E-state index is 0.150. The molecule has 3 aromatic rings. The van der Waals surface area contributed by atoms with E-state index in [1.807, 2.05) is 54.6 Å². The average molecular weight is 445 g/mol. The van der Waals surface area contributed by atoms with Crippen LogP contribution in [0.5, 0.6) is 5.75 Å². The number of aliphatic hydroxyl groups is 1. The molecule has 0 radical (unpaired) electrons. The van der Waals surface area contributed by atoms with Crippen LogP contribution in [0.15, 0.2) is 84.9 Å². The van der Waals surface area contributed by atoms with Crippen LogP contribution in [-0.4, -0.2) is 49.5 Å². The summed E-state index contributed by atoms with van der Waals surface area (Å²) in [6.07, 6.45) is 2.06. The standard InChI is InChI=1S/C29H34NO3/c1-32-27-14-8-9-24(21-27)22-33-20-19-30-17-15-28(23-30,16-18-30)29(31,25-10-4-2-5-11-25)26-12-6-3-7-13-26/h2-14,21,31H,15-20,22-23H2,1H3/q+1. The van der Waals surface area contributed by atoms with Crippen molar-refractivity contribution in [3.63, 3.8) is 0 Å². The number of quaternary nitrogens is 1. The molecule has 33 heavy (non-hydrogen) atoms. The van der Waals surface area contributed by atoms with Crippen molar-refractivity contribution in [2.24, 2.45) is 5.41 Å². The van der Waals surface area contributed by atoms with Crippen LogP contribution in [0.3, 0.4) is 0 Å². The predicted molar refractivity (Wildman–Crippen MR) is 130 cm³/mol. The van der Waals surface area contributed by atoms with E-state index in [9.17, 15) is 5.11 Å². The number of fused-ring (bicyclic) bond motifs is 2. The number of rotatable bonds is 9. The number of piperidine rings is 1. The highest BCUT2D eigenvalue weighted by atomic mass is 16.5. The third-order valence-electron chi connectivity index (χ3n) is 8.03. The van der Waals surface area contributed by atoms with Crippen molar-refractivity contribution in [2.75, 3.05) is 39.9 Å². The van der Waals surface area contributed by atoms with E-state index in [0.29, 0.717) is 6.61 Å². The van der Waals surface area contributed by atoms with Gasteiger partial charge in [-0.25, -0.2) is 0 Å². The molecule has 2 aliphatic rings. The minimum atomic E-state index is -0.979. The third-order valence-corrected chi connectivity index (χ3v) is 8.03. The Morgan fingerprint density at radius 3 is 2.12 bits per heavy atom. The lowest BCUT2D eigenvalue weighted by atomic mass is 9.63. The second-order valence-corrected chi connectivity index (χ2v) is 9.80. The second-order valence-electron chi connectivity index (χ2n) is 9.80. The Kier molecular flexibility index (Phi) is 6.00. The van der Waals surface area contributed by atoms with E-state index in [1.54, 1.807) is 7.11 Å². The van der Waals surface area contributed by atoms with Crippen LogP contribution < -0.4 is 4.74 Å². The molecular formula is C29H34NO3+. The number of ether oxygens (including phenoxy) is 2. The van der Waals surface area contributed by atoms with Crippen LogP contribution >= 0.6 is 0 Å². The number of hydrogen-bond donors (Lipinski definition) is 1. The summed E-state index contributed by atoms with van der Waals surface area (Å²) < 4.78 is 12.4. The first-order chi connectivity index (χ1) is 16.1. The summed E-state index contributed by atoms with van der Waals surface area (Å²) in [7, 11) is 1.69. The van der Waals surface area contributed by atoms with E-state index in [0.717, 1.165) is 72.6 Å². The molecule has 0 aliphatic carbocycles. The lowest BCUT2D eigenvalue weighted by Gasteiger charge is -2.42. The van der Waals surface area contributed by atoms with Gasteiger partial charge in [-0.2, -0.15) is 0 Å². The van der Waals surface area contributed by atoms with Gasteiger partial charge in [0.1, 0.15) is 17.9 Å². The molecule has 172 valence electrons. The number of benzene rings is 3. The third kappa shape index (κ3) is 3.97. The molecule has 2 fully saturated rings. The second kappa shape index (κ2) is 8.94. The smallest absolute Gasteiger partial charge is 0.126 e. The normalized spacial score (nSPS) is 24.2. The Balaban J connectivity index is 1.31. The Hall–Kier alpha value is -2.66. The fourth-order valence-corrected chi connectivity index (χ4v) is 6.22. The van der Waals surface area contributed by atoms with Crippen LogP contribution in [0.1, 0.15) is 29.5 Å². The topological polar surface area (TPSA) is 38.7 Å². The Bertz CT molecular complexity index is 1020. The van der Waals surface area contributed by atoms with Crippen molar-refractivity contribution in [1.29, 1.82) is 0 Å². The van der Waals surface area contributed by atoms with Crippen LogP contribution in [0.25, 0.3) is 0 Å². The Morgan fingerprint density at radius 2 is 1.52 bits per heavy atom. The molecule has 5 rings (SSSR count).